The second-order valence-corrected chi connectivity index (χ2v) is 10.3. The molecule has 0 fully saturated rings. The minimum absolute atomic E-state index is 0.0858. The summed E-state index contributed by atoms with van der Waals surface area (Å²) in [5, 5.41) is 11.9. The third-order valence-electron chi connectivity index (χ3n) is 4.84. The summed E-state index contributed by atoms with van der Waals surface area (Å²) >= 11 is 0.0858. The van der Waals surface area contributed by atoms with Gasteiger partial charge in [0.05, 0.1) is 5.69 Å². The smallest absolute Gasteiger partial charge is 0.388 e. The van der Waals surface area contributed by atoms with Crippen LogP contribution in [-0.4, -0.2) is 55.5 Å². The predicted octanol–water partition coefficient (Wildman–Crippen LogP) is 5.69. The van der Waals surface area contributed by atoms with Gasteiger partial charge in [0.1, 0.15) is 5.69 Å². The molecule has 1 aliphatic rings. The first-order chi connectivity index (χ1) is 17.4. The number of hydrogen-bond donors (Lipinski definition) is 1. The zero-order valence-electron chi connectivity index (χ0n) is 18.9. The molecule has 0 spiro atoms. The standard InChI is InChI=1S/C18H16F8N6O4S2/c1-2-5-32-6-3-4-9-7-10(11(8-12(9)32)31-38(34,35)18(24,25)26)27-29-15-30-28-13(37-15)14(33)36-17(22,23)16(19,20)21/h7-8,31H,2-6H2,1H3. The van der Waals surface area contributed by atoms with E-state index in [0.29, 0.717) is 43.6 Å². The number of rotatable bonds is 8. The minimum atomic E-state index is -6.19. The van der Waals surface area contributed by atoms with Crippen LogP contribution < -0.4 is 9.62 Å². The number of nitrogens with zero attached hydrogens (tertiary/aromatic N) is 5. The van der Waals surface area contributed by atoms with E-state index in [1.807, 2.05) is 11.8 Å². The molecule has 0 aliphatic carbocycles. The fourth-order valence-electron chi connectivity index (χ4n) is 3.22. The van der Waals surface area contributed by atoms with E-state index in [2.05, 4.69) is 25.2 Å². The van der Waals surface area contributed by atoms with Gasteiger partial charge >= 0.3 is 33.8 Å². The van der Waals surface area contributed by atoms with Crippen molar-refractivity contribution in [2.24, 2.45) is 10.2 Å². The van der Waals surface area contributed by atoms with Gasteiger partial charge in [-0.15, -0.1) is 20.4 Å². The Balaban J connectivity index is 1.94. The second-order valence-electron chi connectivity index (χ2n) is 7.63. The number of nitrogens with one attached hydrogen (secondary N) is 1. The molecule has 38 heavy (non-hydrogen) atoms. The Bertz CT molecular complexity index is 1330. The van der Waals surface area contributed by atoms with Crippen LogP contribution in [0.3, 0.4) is 0 Å². The van der Waals surface area contributed by atoms with Crippen molar-refractivity contribution < 1.29 is 53.1 Å². The molecule has 1 aromatic heterocycles. The fourth-order valence-corrected chi connectivity index (χ4v) is 4.33. The number of halogens is 8. The summed E-state index contributed by atoms with van der Waals surface area (Å²) in [5.74, 6) is -2.17. The third-order valence-corrected chi connectivity index (χ3v) is 6.72. The molecule has 1 N–H and O–H groups in total. The number of benzene rings is 1. The lowest BCUT2D eigenvalue weighted by atomic mass is 10.00. The Hall–Kier alpha value is -3.16. The summed E-state index contributed by atoms with van der Waals surface area (Å²) in [4.78, 5) is 13.4. The van der Waals surface area contributed by atoms with Crippen molar-refractivity contribution in [1.29, 1.82) is 0 Å². The Kier molecular flexibility index (Phi) is 8.15. The van der Waals surface area contributed by atoms with E-state index in [4.69, 9.17) is 0 Å². The van der Waals surface area contributed by atoms with E-state index < -0.39 is 55.3 Å². The van der Waals surface area contributed by atoms with Crippen LogP contribution in [0.1, 0.15) is 35.1 Å². The summed E-state index contributed by atoms with van der Waals surface area (Å²) in [6.07, 6.45) is -10.1. The molecular weight excluding hydrogens is 580 g/mol. The van der Waals surface area contributed by atoms with Gasteiger partial charge in [-0.25, -0.2) is 4.79 Å². The van der Waals surface area contributed by atoms with Crippen LogP contribution in [-0.2, 0) is 21.2 Å². The topological polar surface area (TPSA) is 126 Å². The molecule has 0 amide bonds. The lowest BCUT2D eigenvalue weighted by Gasteiger charge is -2.32. The van der Waals surface area contributed by atoms with Crippen LogP contribution in [0, 0.1) is 0 Å². The van der Waals surface area contributed by atoms with Gasteiger partial charge in [0.25, 0.3) is 5.13 Å². The van der Waals surface area contributed by atoms with Crippen molar-refractivity contribution in [3.8, 4) is 0 Å². The SMILES string of the molecule is CCCN1CCCc2cc(N=Nc3nnc(C(=O)OC(F)(F)C(F)(F)F)s3)c(NS(=O)(=O)C(F)(F)F)cc21. The molecular formula is C18H16F8N6O4S2. The van der Waals surface area contributed by atoms with Crippen molar-refractivity contribution in [2.75, 3.05) is 22.7 Å². The molecule has 0 saturated heterocycles. The van der Waals surface area contributed by atoms with E-state index in [1.54, 1.807) is 0 Å². The van der Waals surface area contributed by atoms with Gasteiger partial charge in [0.2, 0.25) is 5.01 Å². The first kappa shape index (κ1) is 29.4. The third kappa shape index (κ3) is 6.45. The molecule has 0 atom stereocenters. The monoisotopic (exact) mass is 596 g/mol. The van der Waals surface area contributed by atoms with Gasteiger partial charge in [-0.1, -0.05) is 18.3 Å². The van der Waals surface area contributed by atoms with Gasteiger partial charge in [0, 0.05) is 18.8 Å². The van der Waals surface area contributed by atoms with Crippen LogP contribution in [0.4, 0.5) is 57.3 Å². The number of aromatic nitrogens is 2. The average Bonchev–Trinajstić information content (AvgIpc) is 3.25. The molecule has 0 radical (unpaired) electrons. The highest BCUT2D eigenvalue weighted by atomic mass is 32.2. The number of carbonyl (C=O) groups excluding carboxylic acids is 1. The molecule has 3 rings (SSSR count). The summed E-state index contributed by atoms with van der Waals surface area (Å²) in [6.45, 7) is 2.99. The van der Waals surface area contributed by atoms with Crippen LogP contribution in [0.5, 0.6) is 0 Å². The summed E-state index contributed by atoms with van der Waals surface area (Å²) < 4.78 is 130. The average molecular weight is 596 g/mol. The maximum absolute atomic E-state index is 13.0. The van der Waals surface area contributed by atoms with E-state index in [-0.39, 0.29) is 11.3 Å². The van der Waals surface area contributed by atoms with E-state index in [9.17, 15) is 48.3 Å². The Morgan fingerprint density at radius 2 is 1.82 bits per heavy atom. The number of sulfonamides is 1. The lowest BCUT2D eigenvalue weighted by molar-refractivity contribution is -0.370. The van der Waals surface area contributed by atoms with Crippen molar-refractivity contribution in [3.05, 3.63) is 22.7 Å². The largest absolute Gasteiger partial charge is 0.516 e. The quantitative estimate of drug-likeness (QED) is 0.236. The van der Waals surface area contributed by atoms with Crippen molar-refractivity contribution in [3.63, 3.8) is 0 Å². The molecule has 1 aliphatic heterocycles. The molecule has 0 unspecified atom stereocenters. The number of azo groups is 1. The number of alkyl halides is 8. The van der Waals surface area contributed by atoms with E-state index >= 15 is 0 Å². The van der Waals surface area contributed by atoms with Crippen molar-refractivity contribution in [2.45, 2.75) is 44.0 Å². The number of esters is 1. The Morgan fingerprint density at radius 3 is 2.42 bits per heavy atom. The second kappa shape index (κ2) is 10.5. The Labute approximate surface area is 212 Å². The number of aryl methyl sites for hydroxylation is 1. The minimum Gasteiger partial charge on any atom is -0.388 e. The molecule has 1 aromatic carbocycles. The van der Waals surface area contributed by atoms with Crippen molar-refractivity contribution >= 4 is 49.5 Å². The normalized spacial score (nSPS) is 15.0. The molecule has 10 nitrogen and oxygen atoms in total. The first-order valence-corrected chi connectivity index (χ1v) is 12.7. The van der Waals surface area contributed by atoms with E-state index in [1.165, 1.54) is 10.8 Å². The number of hydrogen-bond acceptors (Lipinski definition) is 10. The number of anilines is 2. The fraction of sp³-hybridized carbons (Fsp3) is 0.500. The molecule has 0 bridgehead atoms. The molecule has 2 aromatic rings. The van der Waals surface area contributed by atoms with Crippen molar-refractivity contribution in [1.82, 2.24) is 10.2 Å². The van der Waals surface area contributed by atoms with Gasteiger partial charge in [0.15, 0.2) is 0 Å². The number of fused-ring (bicyclic) bond motifs is 1. The van der Waals surface area contributed by atoms with Gasteiger partial charge < -0.3 is 9.64 Å². The summed E-state index contributed by atoms with van der Waals surface area (Å²) in [7, 11) is -5.87. The summed E-state index contributed by atoms with van der Waals surface area (Å²) in [6, 6.07) is 2.44. The first-order valence-electron chi connectivity index (χ1n) is 10.4. The molecule has 2 heterocycles. The summed E-state index contributed by atoms with van der Waals surface area (Å²) in [5.41, 5.74) is -5.56. The highest BCUT2D eigenvalue weighted by molar-refractivity contribution is 7.93. The zero-order chi connectivity index (χ0) is 28.5. The number of ether oxygens (including phenoxy) is 1. The van der Waals surface area contributed by atoms with E-state index in [0.717, 1.165) is 6.07 Å². The maximum atomic E-state index is 13.0. The van der Waals surface area contributed by atoms with Crippen LogP contribution in [0.25, 0.3) is 0 Å². The predicted molar refractivity (Wildman–Crippen MR) is 116 cm³/mol. The molecule has 0 saturated carbocycles. The van der Waals surface area contributed by atoms with Crippen LogP contribution in [0.15, 0.2) is 22.4 Å². The Morgan fingerprint density at radius 1 is 1.13 bits per heavy atom. The van der Waals surface area contributed by atoms with Gasteiger partial charge in [-0.05, 0) is 37.0 Å². The van der Waals surface area contributed by atoms with Gasteiger partial charge in [-0.2, -0.15) is 43.5 Å². The highest BCUT2D eigenvalue weighted by Crippen LogP contribution is 2.40. The zero-order valence-corrected chi connectivity index (χ0v) is 20.5. The molecule has 20 heteroatoms. The lowest BCUT2D eigenvalue weighted by Crippen LogP contribution is -2.40. The van der Waals surface area contributed by atoms with Crippen LogP contribution >= 0.6 is 11.3 Å². The van der Waals surface area contributed by atoms with Crippen LogP contribution in [0.2, 0.25) is 0 Å². The molecule has 210 valence electrons. The number of carbonyl (C=O) groups is 1. The van der Waals surface area contributed by atoms with Gasteiger partial charge in [-0.3, -0.25) is 4.72 Å². The maximum Gasteiger partial charge on any atom is 0.516 e. The highest BCUT2D eigenvalue weighted by Gasteiger charge is 2.62.